The van der Waals surface area contributed by atoms with E-state index < -0.39 is 11.7 Å². The first kappa shape index (κ1) is 24.1. The van der Waals surface area contributed by atoms with Gasteiger partial charge >= 0.3 is 6.18 Å². The van der Waals surface area contributed by atoms with Crippen LogP contribution in [0.1, 0.15) is 48.7 Å². The van der Waals surface area contributed by atoms with Crippen molar-refractivity contribution in [3.8, 4) is 22.5 Å². The number of hydrogen-bond acceptors (Lipinski definition) is 3. The number of halogens is 3. The summed E-state index contributed by atoms with van der Waals surface area (Å²) in [6, 6.07) is 19.9. The van der Waals surface area contributed by atoms with Crippen molar-refractivity contribution in [3.63, 3.8) is 0 Å². The van der Waals surface area contributed by atoms with Gasteiger partial charge in [-0.2, -0.15) is 13.2 Å². The number of pyridine rings is 1. The molecule has 0 amide bonds. The van der Waals surface area contributed by atoms with Gasteiger partial charge in [0.15, 0.2) is 0 Å². The smallest absolute Gasteiger partial charge is 0.370 e. The Morgan fingerprint density at radius 2 is 1.72 bits per heavy atom. The molecule has 1 aliphatic carbocycles. The first-order valence-corrected chi connectivity index (χ1v) is 12.4. The first-order valence-electron chi connectivity index (χ1n) is 12.4. The molecule has 0 unspecified atom stereocenters. The molecule has 4 aromatic rings. The molecule has 1 saturated carbocycles. The maximum atomic E-state index is 13.5. The number of aromatic nitrogens is 3. The normalized spacial score (nSPS) is 14.3. The van der Waals surface area contributed by atoms with Gasteiger partial charge in [-0.15, -0.1) is 0 Å². The predicted molar refractivity (Wildman–Crippen MR) is 137 cm³/mol. The van der Waals surface area contributed by atoms with Crippen LogP contribution in [0.5, 0.6) is 0 Å². The third kappa shape index (κ3) is 5.15. The summed E-state index contributed by atoms with van der Waals surface area (Å²) in [5.41, 5.74) is 3.36. The summed E-state index contributed by atoms with van der Waals surface area (Å²) >= 11 is 0. The summed E-state index contributed by atoms with van der Waals surface area (Å²) in [6.45, 7) is 2.67. The number of nitrogens with one attached hydrogen (secondary N) is 1. The Bertz CT molecular complexity index is 1320. The molecule has 1 aliphatic rings. The van der Waals surface area contributed by atoms with Crippen molar-refractivity contribution >= 4 is 5.82 Å². The maximum absolute atomic E-state index is 13.5. The molecule has 0 saturated heterocycles. The van der Waals surface area contributed by atoms with E-state index in [9.17, 15) is 13.2 Å². The number of hydrogen-bond donors (Lipinski definition) is 1. The van der Waals surface area contributed by atoms with E-state index in [1.165, 1.54) is 17.7 Å². The minimum absolute atomic E-state index is 0.287. The van der Waals surface area contributed by atoms with E-state index >= 15 is 0 Å². The Morgan fingerprint density at radius 1 is 0.944 bits per heavy atom. The number of anilines is 1. The van der Waals surface area contributed by atoms with Gasteiger partial charge in [0.1, 0.15) is 11.6 Å². The van der Waals surface area contributed by atoms with E-state index in [0.717, 1.165) is 67.6 Å². The molecule has 4 nitrogen and oxygen atoms in total. The van der Waals surface area contributed by atoms with E-state index in [2.05, 4.69) is 27.0 Å². The van der Waals surface area contributed by atoms with Crippen molar-refractivity contribution in [2.45, 2.75) is 51.2 Å². The van der Waals surface area contributed by atoms with Gasteiger partial charge in [0, 0.05) is 29.9 Å². The van der Waals surface area contributed by atoms with Crippen LogP contribution in [0.25, 0.3) is 22.5 Å². The second kappa shape index (κ2) is 10.2. The van der Waals surface area contributed by atoms with Crippen molar-refractivity contribution in [2.24, 2.45) is 0 Å². The third-order valence-electron chi connectivity index (χ3n) is 6.84. The monoisotopic (exact) mass is 490 g/mol. The number of benzene rings is 2. The van der Waals surface area contributed by atoms with Crippen molar-refractivity contribution in [1.29, 1.82) is 0 Å². The molecule has 0 radical (unpaired) electrons. The van der Waals surface area contributed by atoms with Gasteiger partial charge in [-0.05, 0) is 56.0 Å². The van der Waals surface area contributed by atoms with Gasteiger partial charge in [0.2, 0.25) is 0 Å². The van der Waals surface area contributed by atoms with Crippen LogP contribution in [0.2, 0.25) is 0 Å². The Hall–Kier alpha value is -3.61. The van der Waals surface area contributed by atoms with Crippen LogP contribution < -0.4 is 5.32 Å². The first-order chi connectivity index (χ1) is 17.4. The Kier molecular flexibility index (Phi) is 6.81. The molecule has 0 bridgehead atoms. The van der Waals surface area contributed by atoms with Gasteiger partial charge in [-0.3, -0.25) is 0 Å². The molecule has 186 valence electrons. The SMILES string of the molecule is Cc1nc(-c2cccc(C(F)(F)F)c2)c(-c2ccnc(NCCc3ccccc3)c2)n1C1CCCC1. The zero-order chi connectivity index (χ0) is 25.1. The molecule has 2 heterocycles. The molecule has 36 heavy (non-hydrogen) atoms. The molecule has 2 aromatic heterocycles. The molecule has 1 fully saturated rings. The fourth-order valence-electron chi connectivity index (χ4n) is 5.13. The van der Waals surface area contributed by atoms with Crippen molar-refractivity contribution in [1.82, 2.24) is 14.5 Å². The van der Waals surface area contributed by atoms with Gasteiger partial charge < -0.3 is 9.88 Å². The summed E-state index contributed by atoms with van der Waals surface area (Å²) < 4.78 is 42.7. The summed E-state index contributed by atoms with van der Waals surface area (Å²) in [5, 5.41) is 3.40. The predicted octanol–water partition coefficient (Wildman–Crippen LogP) is 7.71. The Morgan fingerprint density at radius 3 is 2.47 bits per heavy atom. The number of imidazole rings is 1. The van der Waals surface area contributed by atoms with Crippen molar-refractivity contribution in [2.75, 3.05) is 11.9 Å². The third-order valence-corrected chi connectivity index (χ3v) is 6.84. The molecular formula is C29H29F3N4. The minimum atomic E-state index is -4.41. The summed E-state index contributed by atoms with van der Waals surface area (Å²) in [4.78, 5) is 9.30. The number of nitrogens with zero attached hydrogens (tertiary/aromatic N) is 3. The zero-order valence-corrected chi connectivity index (χ0v) is 20.2. The maximum Gasteiger partial charge on any atom is 0.416 e. The van der Waals surface area contributed by atoms with Crippen LogP contribution in [0.4, 0.5) is 19.0 Å². The summed E-state index contributed by atoms with van der Waals surface area (Å²) in [6.07, 6.45) is 2.57. The van der Waals surface area contributed by atoms with Gasteiger partial charge in [0.25, 0.3) is 0 Å². The highest BCUT2D eigenvalue weighted by Crippen LogP contribution is 2.41. The molecule has 5 rings (SSSR count). The highest BCUT2D eigenvalue weighted by atomic mass is 19.4. The quantitative estimate of drug-likeness (QED) is 0.289. The van der Waals surface area contributed by atoms with Gasteiger partial charge in [-0.1, -0.05) is 55.3 Å². The van der Waals surface area contributed by atoms with E-state index in [4.69, 9.17) is 4.98 Å². The van der Waals surface area contributed by atoms with Gasteiger partial charge in [-0.25, -0.2) is 9.97 Å². The molecule has 0 spiro atoms. The molecule has 0 atom stereocenters. The number of alkyl halides is 3. The fourth-order valence-corrected chi connectivity index (χ4v) is 5.13. The number of aryl methyl sites for hydroxylation is 1. The standard InChI is InChI=1S/C29H29F3N4/c1-20-35-27(22-10-7-11-24(18-22)29(30,31)32)28(36(20)25-12-5-6-13-25)23-15-17-34-26(19-23)33-16-14-21-8-3-2-4-9-21/h2-4,7-11,15,17-19,25H,5-6,12-14,16H2,1H3,(H,33,34). The van der Waals surface area contributed by atoms with E-state index in [1.54, 1.807) is 12.3 Å². The Balaban J connectivity index is 1.53. The lowest BCUT2D eigenvalue weighted by Crippen LogP contribution is -2.10. The topological polar surface area (TPSA) is 42.7 Å². The largest absolute Gasteiger partial charge is 0.416 e. The van der Waals surface area contributed by atoms with E-state index in [0.29, 0.717) is 11.3 Å². The van der Waals surface area contributed by atoms with Crippen LogP contribution >= 0.6 is 0 Å². The molecule has 0 aliphatic heterocycles. The average molecular weight is 491 g/mol. The summed E-state index contributed by atoms with van der Waals surface area (Å²) in [5.74, 6) is 1.55. The zero-order valence-electron chi connectivity index (χ0n) is 20.2. The minimum Gasteiger partial charge on any atom is -0.370 e. The van der Waals surface area contributed by atoms with E-state index in [1.807, 2.05) is 37.3 Å². The second-order valence-electron chi connectivity index (χ2n) is 9.34. The number of rotatable bonds is 7. The molecule has 2 aromatic carbocycles. The lowest BCUT2D eigenvalue weighted by Gasteiger charge is -2.19. The van der Waals surface area contributed by atoms with Crippen LogP contribution in [-0.4, -0.2) is 21.1 Å². The lowest BCUT2D eigenvalue weighted by molar-refractivity contribution is -0.137. The van der Waals surface area contributed by atoms with Crippen LogP contribution in [-0.2, 0) is 12.6 Å². The molecule has 1 N–H and O–H groups in total. The average Bonchev–Trinajstić information content (AvgIpc) is 3.52. The van der Waals surface area contributed by atoms with Crippen LogP contribution in [0, 0.1) is 6.92 Å². The van der Waals surface area contributed by atoms with Crippen LogP contribution in [0.15, 0.2) is 72.9 Å². The van der Waals surface area contributed by atoms with E-state index in [-0.39, 0.29) is 6.04 Å². The lowest BCUT2D eigenvalue weighted by atomic mass is 10.0. The highest BCUT2D eigenvalue weighted by Gasteiger charge is 2.32. The molecular weight excluding hydrogens is 461 g/mol. The van der Waals surface area contributed by atoms with Crippen molar-refractivity contribution < 1.29 is 13.2 Å². The Labute approximate surface area is 209 Å². The second-order valence-corrected chi connectivity index (χ2v) is 9.34. The fraction of sp³-hybridized carbons (Fsp3) is 0.310. The van der Waals surface area contributed by atoms with Crippen LogP contribution in [0.3, 0.4) is 0 Å². The van der Waals surface area contributed by atoms with Gasteiger partial charge in [0.05, 0.1) is 17.0 Å². The molecule has 7 heteroatoms. The summed E-state index contributed by atoms with van der Waals surface area (Å²) in [7, 11) is 0. The highest BCUT2D eigenvalue weighted by molar-refractivity contribution is 5.80. The van der Waals surface area contributed by atoms with Crippen molar-refractivity contribution in [3.05, 3.63) is 89.9 Å².